The Kier molecular flexibility index (Phi) is 6.01. The van der Waals surface area contributed by atoms with Crippen LogP contribution in [-0.2, 0) is 0 Å². The molecule has 5 heteroatoms. The van der Waals surface area contributed by atoms with Crippen LogP contribution in [0.15, 0.2) is 100 Å². The molecule has 0 spiro atoms. The van der Waals surface area contributed by atoms with E-state index in [1.165, 1.54) is 0 Å². The van der Waals surface area contributed by atoms with Crippen molar-refractivity contribution < 1.29 is 4.79 Å². The molecule has 0 N–H and O–H groups in total. The maximum atomic E-state index is 13.3. The third-order valence-electron chi connectivity index (χ3n) is 4.04. The van der Waals surface area contributed by atoms with E-state index in [1.54, 1.807) is 59.7 Å². The molecule has 0 amide bonds. The van der Waals surface area contributed by atoms with Crippen molar-refractivity contribution in [3.8, 4) is 12.1 Å². The van der Waals surface area contributed by atoms with Gasteiger partial charge in [0.1, 0.15) is 12.1 Å². The number of rotatable bonds is 4. The molecule has 0 atom stereocenters. The minimum Gasteiger partial charge on any atom is -0.312 e. The van der Waals surface area contributed by atoms with Gasteiger partial charge in [0.05, 0.1) is 11.4 Å². The molecular weight excluding hydrogens is 414 g/mol. The lowest BCUT2D eigenvalue weighted by Gasteiger charge is -2.26. The number of ketones is 1. The van der Waals surface area contributed by atoms with E-state index in [4.69, 9.17) is 0 Å². The van der Waals surface area contributed by atoms with Crippen molar-refractivity contribution >= 4 is 27.8 Å². The van der Waals surface area contributed by atoms with Crippen LogP contribution in [0.2, 0.25) is 0 Å². The first-order valence-corrected chi connectivity index (χ1v) is 9.19. The van der Waals surface area contributed by atoms with Crippen LogP contribution in [-0.4, -0.2) is 10.7 Å². The highest BCUT2D eigenvalue weighted by Crippen LogP contribution is 2.27. The van der Waals surface area contributed by atoms with Crippen molar-refractivity contribution in [2.24, 2.45) is 0 Å². The molecule has 1 aliphatic rings. The zero-order valence-corrected chi connectivity index (χ0v) is 16.3. The Bertz CT molecular complexity index is 1080. The van der Waals surface area contributed by atoms with E-state index in [2.05, 4.69) is 15.9 Å². The third kappa shape index (κ3) is 4.17. The van der Waals surface area contributed by atoms with Crippen LogP contribution >= 0.6 is 15.9 Å². The summed E-state index contributed by atoms with van der Waals surface area (Å²) in [4.78, 5) is 14.9. The summed E-state index contributed by atoms with van der Waals surface area (Å²) in [5.41, 5.74) is 1.97. The first-order valence-electron chi connectivity index (χ1n) is 8.39. The van der Waals surface area contributed by atoms with Crippen LogP contribution in [0.1, 0.15) is 15.9 Å². The van der Waals surface area contributed by atoms with Gasteiger partial charge in [-0.3, -0.25) is 4.79 Å². The molecule has 134 valence electrons. The topological polar surface area (TPSA) is 67.9 Å². The SMILES string of the molecule is N#CC(C#N)=C1C=CC=CN1/C(=C\c1ccccc1)C(=O)c1ccc(Br)cc1. The van der Waals surface area contributed by atoms with Crippen molar-refractivity contribution in [2.45, 2.75) is 0 Å². The summed E-state index contributed by atoms with van der Waals surface area (Å²) in [7, 11) is 0. The van der Waals surface area contributed by atoms with Gasteiger partial charge in [-0.05, 0) is 48.1 Å². The van der Waals surface area contributed by atoms with Crippen LogP contribution in [0, 0.1) is 22.7 Å². The number of Topliss-reactive ketones (excluding diaryl/α,β-unsaturated/α-hetero) is 1. The third-order valence-corrected chi connectivity index (χ3v) is 4.57. The Morgan fingerprint density at radius 1 is 0.964 bits per heavy atom. The molecule has 2 aromatic rings. The number of allylic oxidation sites excluding steroid dienone is 5. The lowest BCUT2D eigenvalue weighted by atomic mass is 10.0. The number of hydrogen-bond acceptors (Lipinski definition) is 4. The minimum absolute atomic E-state index is 0.0665. The molecule has 0 saturated carbocycles. The number of benzene rings is 2. The van der Waals surface area contributed by atoms with Crippen molar-refractivity contribution in [1.82, 2.24) is 4.90 Å². The average Bonchev–Trinajstić information content (AvgIpc) is 2.74. The second-order valence-electron chi connectivity index (χ2n) is 5.83. The lowest BCUT2D eigenvalue weighted by Crippen LogP contribution is -2.24. The van der Waals surface area contributed by atoms with Crippen molar-refractivity contribution in [2.75, 3.05) is 0 Å². The number of nitriles is 2. The summed E-state index contributed by atoms with van der Waals surface area (Å²) >= 11 is 3.37. The molecule has 0 fully saturated rings. The molecule has 0 bridgehead atoms. The van der Waals surface area contributed by atoms with E-state index in [0.29, 0.717) is 17.0 Å². The van der Waals surface area contributed by atoms with Crippen molar-refractivity contribution in [3.05, 3.63) is 112 Å². The fourth-order valence-corrected chi connectivity index (χ4v) is 2.96. The fourth-order valence-electron chi connectivity index (χ4n) is 2.70. The molecule has 28 heavy (non-hydrogen) atoms. The molecule has 1 heterocycles. The van der Waals surface area contributed by atoms with Gasteiger partial charge < -0.3 is 4.90 Å². The van der Waals surface area contributed by atoms with E-state index in [9.17, 15) is 15.3 Å². The van der Waals surface area contributed by atoms with Crippen LogP contribution in [0.3, 0.4) is 0 Å². The first-order chi connectivity index (χ1) is 13.6. The summed E-state index contributed by atoms with van der Waals surface area (Å²) in [6.45, 7) is 0. The molecule has 1 aliphatic heterocycles. The summed E-state index contributed by atoms with van der Waals surface area (Å²) in [5.74, 6) is -0.218. The van der Waals surface area contributed by atoms with E-state index in [-0.39, 0.29) is 11.4 Å². The van der Waals surface area contributed by atoms with E-state index < -0.39 is 0 Å². The molecule has 0 saturated heterocycles. The normalized spacial score (nSPS) is 13.0. The van der Waals surface area contributed by atoms with Gasteiger partial charge in [-0.15, -0.1) is 0 Å². The van der Waals surface area contributed by atoms with Gasteiger partial charge in [0, 0.05) is 16.2 Å². The second-order valence-corrected chi connectivity index (χ2v) is 6.75. The molecule has 3 rings (SSSR count). The van der Waals surface area contributed by atoms with Crippen LogP contribution in [0.25, 0.3) is 6.08 Å². The van der Waals surface area contributed by atoms with Gasteiger partial charge in [-0.25, -0.2) is 0 Å². The minimum atomic E-state index is -0.218. The molecule has 2 aromatic carbocycles. The summed E-state index contributed by atoms with van der Waals surface area (Å²) in [6, 6.07) is 20.3. The highest BCUT2D eigenvalue weighted by atomic mass is 79.9. The molecular formula is C23H14BrN3O. The van der Waals surface area contributed by atoms with E-state index in [1.807, 2.05) is 42.5 Å². The molecule has 0 radical (unpaired) electrons. The number of carbonyl (C=O) groups excluding carboxylic acids is 1. The van der Waals surface area contributed by atoms with E-state index >= 15 is 0 Å². The largest absolute Gasteiger partial charge is 0.312 e. The molecule has 0 aromatic heterocycles. The maximum absolute atomic E-state index is 13.3. The Morgan fingerprint density at radius 3 is 2.29 bits per heavy atom. The zero-order chi connectivity index (χ0) is 19.9. The number of nitrogens with zero attached hydrogens (tertiary/aromatic N) is 3. The summed E-state index contributed by atoms with van der Waals surface area (Å²) < 4.78 is 0.871. The predicted octanol–water partition coefficient (Wildman–Crippen LogP) is 5.36. The van der Waals surface area contributed by atoms with Crippen molar-refractivity contribution in [1.29, 1.82) is 10.5 Å². The Hall–Kier alpha value is -3.67. The monoisotopic (exact) mass is 427 g/mol. The Balaban J connectivity index is 2.17. The first kappa shape index (κ1) is 19.1. The fraction of sp³-hybridized carbons (Fsp3) is 0. The van der Waals surface area contributed by atoms with Crippen LogP contribution in [0.4, 0.5) is 0 Å². The maximum Gasteiger partial charge on any atom is 0.209 e. The molecule has 4 nitrogen and oxygen atoms in total. The average molecular weight is 428 g/mol. The second kappa shape index (κ2) is 8.81. The number of hydrogen-bond donors (Lipinski definition) is 0. The number of halogens is 1. The predicted molar refractivity (Wildman–Crippen MR) is 111 cm³/mol. The van der Waals surface area contributed by atoms with Gasteiger partial charge in [-0.1, -0.05) is 52.3 Å². The highest BCUT2D eigenvalue weighted by Gasteiger charge is 2.23. The molecule has 0 unspecified atom stereocenters. The van der Waals surface area contributed by atoms with Gasteiger partial charge in [-0.2, -0.15) is 10.5 Å². The van der Waals surface area contributed by atoms with Gasteiger partial charge in [0.2, 0.25) is 5.78 Å². The molecule has 0 aliphatic carbocycles. The smallest absolute Gasteiger partial charge is 0.209 e. The zero-order valence-electron chi connectivity index (χ0n) is 14.7. The summed E-state index contributed by atoms with van der Waals surface area (Å²) in [6.07, 6.45) is 8.56. The van der Waals surface area contributed by atoms with Gasteiger partial charge in [0.25, 0.3) is 0 Å². The Labute approximate surface area is 171 Å². The van der Waals surface area contributed by atoms with Crippen LogP contribution in [0.5, 0.6) is 0 Å². The number of carbonyl (C=O) groups is 1. The van der Waals surface area contributed by atoms with Crippen molar-refractivity contribution in [3.63, 3.8) is 0 Å². The van der Waals surface area contributed by atoms with Gasteiger partial charge >= 0.3 is 0 Å². The lowest BCUT2D eigenvalue weighted by molar-refractivity contribution is 0.101. The quantitative estimate of drug-likeness (QED) is 0.374. The van der Waals surface area contributed by atoms with Crippen LogP contribution < -0.4 is 0 Å². The highest BCUT2D eigenvalue weighted by molar-refractivity contribution is 9.10. The van der Waals surface area contributed by atoms with E-state index in [0.717, 1.165) is 10.0 Å². The summed E-state index contributed by atoms with van der Waals surface area (Å²) in [5, 5.41) is 18.7. The van der Waals surface area contributed by atoms with Gasteiger partial charge in [0.15, 0.2) is 5.57 Å². The Morgan fingerprint density at radius 2 is 1.64 bits per heavy atom. The standard InChI is InChI=1S/C23H14BrN3O/c24-20-11-9-18(10-12-20)23(28)22(14-17-6-2-1-3-7-17)27-13-5-4-8-21(27)19(15-25)16-26/h1-14H/b22-14-.